The maximum atomic E-state index is 13.0. The van der Waals surface area contributed by atoms with Gasteiger partial charge in [0.1, 0.15) is 0 Å². The van der Waals surface area contributed by atoms with Gasteiger partial charge in [0, 0.05) is 42.0 Å². The first-order chi connectivity index (χ1) is 7.96. The molecule has 0 atom stereocenters. The minimum atomic E-state index is -2.48. The standard InChI is InChI=1S/C12H13BrClF2N/c13-11-7-10(14)2-1-9(11)8-17-5-3-12(15,16)4-6-17/h1-2,7H,3-6,8H2. The number of rotatable bonds is 2. The average Bonchev–Trinajstić information content (AvgIpc) is 2.25. The monoisotopic (exact) mass is 323 g/mol. The van der Waals surface area contributed by atoms with Gasteiger partial charge in [0.2, 0.25) is 0 Å². The van der Waals surface area contributed by atoms with E-state index in [9.17, 15) is 8.78 Å². The van der Waals surface area contributed by atoms with Gasteiger partial charge >= 0.3 is 0 Å². The van der Waals surface area contributed by atoms with Gasteiger partial charge in [-0.3, -0.25) is 4.90 Å². The van der Waals surface area contributed by atoms with Crippen LogP contribution in [-0.4, -0.2) is 23.9 Å². The van der Waals surface area contributed by atoms with Crippen molar-refractivity contribution in [1.29, 1.82) is 0 Å². The Hall–Kier alpha value is -0.190. The number of benzene rings is 1. The van der Waals surface area contributed by atoms with Crippen LogP contribution in [0.3, 0.4) is 0 Å². The first-order valence-corrected chi connectivity index (χ1v) is 6.67. The largest absolute Gasteiger partial charge is 0.299 e. The molecule has 1 aromatic carbocycles. The SMILES string of the molecule is FC1(F)CCN(Cc2ccc(Cl)cc2Br)CC1. The molecule has 0 saturated carbocycles. The topological polar surface area (TPSA) is 3.24 Å². The van der Waals surface area contributed by atoms with E-state index >= 15 is 0 Å². The highest BCUT2D eigenvalue weighted by Gasteiger charge is 2.33. The second-order valence-corrected chi connectivity index (χ2v) is 5.66. The van der Waals surface area contributed by atoms with Gasteiger partial charge in [-0.15, -0.1) is 0 Å². The van der Waals surface area contributed by atoms with E-state index in [2.05, 4.69) is 15.9 Å². The molecule has 17 heavy (non-hydrogen) atoms. The minimum Gasteiger partial charge on any atom is -0.299 e. The fourth-order valence-electron chi connectivity index (χ4n) is 1.93. The van der Waals surface area contributed by atoms with Crippen LogP contribution in [-0.2, 0) is 6.54 Å². The quantitative estimate of drug-likeness (QED) is 0.782. The van der Waals surface area contributed by atoms with E-state index in [1.54, 1.807) is 0 Å². The van der Waals surface area contributed by atoms with Crippen molar-refractivity contribution in [3.8, 4) is 0 Å². The Balaban J connectivity index is 1.98. The van der Waals surface area contributed by atoms with Crippen molar-refractivity contribution in [3.63, 3.8) is 0 Å². The molecule has 0 unspecified atom stereocenters. The van der Waals surface area contributed by atoms with Crippen molar-refractivity contribution in [1.82, 2.24) is 4.90 Å². The molecule has 5 heteroatoms. The maximum Gasteiger partial charge on any atom is 0.250 e. The Morgan fingerprint density at radius 2 is 1.94 bits per heavy atom. The zero-order chi connectivity index (χ0) is 12.5. The fourth-order valence-corrected chi connectivity index (χ4v) is 2.74. The third-order valence-electron chi connectivity index (χ3n) is 3.00. The summed E-state index contributed by atoms with van der Waals surface area (Å²) in [7, 11) is 0. The van der Waals surface area contributed by atoms with Gasteiger partial charge in [-0.05, 0) is 17.7 Å². The van der Waals surface area contributed by atoms with Crippen molar-refractivity contribution < 1.29 is 8.78 Å². The summed E-state index contributed by atoms with van der Waals surface area (Å²) in [4.78, 5) is 2.05. The van der Waals surface area contributed by atoms with Gasteiger partial charge < -0.3 is 0 Å². The van der Waals surface area contributed by atoms with E-state index in [0.29, 0.717) is 24.7 Å². The molecule has 1 fully saturated rings. The fraction of sp³-hybridized carbons (Fsp3) is 0.500. The van der Waals surface area contributed by atoms with Crippen molar-refractivity contribution in [2.45, 2.75) is 25.3 Å². The molecule has 1 nitrogen and oxygen atoms in total. The molecule has 0 aromatic heterocycles. The van der Waals surface area contributed by atoms with Gasteiger partial charge in [0.25, 0.3) is 5.92 Å². The normalized spacial score (nSPS) is 20.5. The molecule has 1 heterocycles. The first kappa shape index (κ1) is 13.2. The predicted octanol–water partition coefficient (Wildman–Crippen LogP) is 4.33. The van der Waals surface area contributed by atoms with E-state index < -0.39 is 5.92 Å². The zero-order valence-corrected chi connectivity index (χ0v) is 11.6. The molecule has 0 amide bonds. The lowest BCUT2D eigenvalue weighted by Crippen LogP contribution is -2.38. The molecule has 2 rings (SSSR count). The van der Waals surface area contributed by atoms with Crippen molar-refractivity contribution in [3.05, 3.63) is 33.3 Å². The molecule has 1 aromatic rings. The zero-order valence-electron chi connectivity index (χ0n) is 9.23. The van der Waals surface area contributed by atoms with Crippen LogP contribution < -0.4 is 0 Å². The molecule has 0 aliphatic carbocycles. The van der Waals surface area contributed by atoms with Crippen LogP contribution in [0.15, 0.2) is 22.7 Å². The van der Waals surface area contributed by atoms with Crippen LogP contribution in [0, 0.1) is 0 Å². The summed E-state index contributed by atoms with van der Waals surface area (Å²) in [6.45, 7) is 1.58. The molecule has 0 bridgehead atoms. The highest BCUT2D eigenvalue weighted by Crippen LogP contribution is 2.29. The van der Waals surface area contributed by atoms with Crippen molar-refractivity contribution in [2.75, 3.05) is 13.1 Å². The van der Waals surface area contributed by atoms with E-state index in [-0.39, 0.29) is 12.8 Å². The minimum absolute atomic E-state index is 0.0434. The molecule has 1 aliphatic heterocycles. The Morgan fingerprint density at radius 3 is 2.53 bits per heavy atom. The lowest BCUT2D eigenvalue weighted by atomic mass is 10.1. The van der Waals surface area contributed by atoms with Crippen LogP contribution in [0.5, 0.6) is 0 Å². The molecule has 0 N–H and O–H groups in total. The Bertz CT molecular complexity index is 401. The summed E-state index contributed by atoms with van der Waals surface area (Å²) < 4.78 is 26.9. The summed E-state index contributed by atoms with van der Waals surface area (Å²) in [5, 5.41) is 0.672. The summed E-state index contributed by atoms with van der Waals surface area (Å²) in [5.74, 6) is -2.48. The lowest BCUT2D eigenvalue weighted by molar-refractivity contribution is -0.0566. The molecular formula is C12H13BrClF2N. The number of alkyl halides is 2. The molecule has 0 radical (unpaired) electrons. The van der Waals surface area contributed by atoms with Crippen LogP contribution in [0.25, 0.3) is 0 Å². The lowest BCUT2D eigenvalue weighted by Gasteiger charge is -2.31. The predicted molar refractivity (Wildman–Crippen MR) is 68.6 cm³/mol. The summed E-state index contributed by atoms with van der Waals surface area (Å²) in [5.41, 5.74) is 1.08. The highest BCUT2D eigenvalue weighted by atomic mass is 79.9. The number of likely N-dealkylation sites (tertiary alicyclic amines) is 1. The summed E-state index contributed by atoms with van der Waals surface area (Å²) in [6, 6.07) is 5.58. The Kier molecular flexibility index (Phi) is 4.06. The van der Waals surface area contributed by atoms with E-state index in [1.165, 1.54) is 0 Å². The second-order valence-electron chi connectivity index (χ2n) is 4.37. The third kappa shape index (κ3) is 3.63. The van der Waals surface area contributed by atoms with E-state index in [1.807, 2.05) is 23.1 Å². The van der Waals surface area contributed by atoms with Crippen LogP contribution in [0.4, 0.5) is 8.78 Å². The van der Waals surface area contributed by atoms with Crippen LogP contribution >= 0.6 is 27.5 Å². The van der Waals surface area contributed by atoms with E-state index in [0.717, 1.165) is 10.0 Å². The number of nitrogens with zero attached hydrogens (tertiary/aromatic N) is 1. The van der Waals surface area contributed by atoms with Gasteiger partial charge in [0.05, 0.1) is 0 Å². The maximum absolute atomic E-state index is 13.0. The Morgan fingerprint density at radius 1 is 1.29 bits per heavy atom. The second kappa shape index (κ2) is 5.21. The molecule has 94 valence electrons. The number of hydrogen-bond acceptors (Lipinski definition) is 1. The molecule has 0 spiro atoms. The molecule has 1 saturated heterocycles. The van der Waals surface area contributed by atoms with Gasteiger partial charge in [0.15, 0.2) is 0 Å². The third-order valence-corrected chi connectivity index (χ3v) is 3.97. The number of halogens is 4. The highest BCUT2D eigenvalue weighted by molar-refractivity contribution is 9.10. The first-order valence-electron chi connectivity index (χ1n) is 5.50. The van der Waals surface area contributed by atoms with Gasteiger partial charge in [-0.1, -0.05) is 33.6 Å². The van der Waals surface area contributed by atoms with Crippen LogP contribution in [0.2, 0.25) is 5.02 Å². The van der Waals surface area contributed by atoms with Crippen LogP contribution in [0.1, 0.15) is 18.4 Å². The molecule has 1 aliphatic rings. The number of hydrogen-bond donors (Lipinski definition) is 0. The van der Waals surface area contributed by atoms with Gasteiger partial charge in [-0.2, -0.15) is 0 Å². The van der Waals surface area contributed by atoms with Crippen molar-refractivity contribution in [2.24, 2.45) is 0 Å². The smallest absolute Gasteiger partial charge is 0.250 e. The van der Waals surface area contributed by atoms with E-state index in [4.69, 9.17) is 11.6 Å². The summed E-state index contributed by atoms with van der Waals surface area (Å²) in [6.07, 6.45) is -0.0869. The summed E-state index contributed by atoms with van der Waals surface area (Å²) >= 11 is 9.29. The van der Waals surface area contributed by atoms with Gasteiger partial charge in [-0.25, -0.2) is 8.78 Å². The van der Waals surface area contributed by atoms with Crippen molar-refractivity contribution >= 4 is 27.5 Å². The Labute approximate surface area is 113 Å². The average molecular weight is 325 g/mol. The number of piperidine rings is 1. The molecular weight excluding hydrogens is 311 g/mol.